The Bertz CT molecular complexity index is 484. The number of nitrogens with zero attached hydrogens (tertiary/aromatic N) is 2. The van der Waals surface area contributed by atoms with Crippen molar-refractivity contribution in [3.63, 3.8) is 0 Å². The molecule has 4 unspecified atom stereocenters. The van der Waals surface area contributed by atoms with Crippen LogP contribution < -0.4 is 11.1 Å². The monoisotopic (exact) mass is 338 g/mol. The van der Waals surface area contributed by atoms with E-state index in [-0.39, 0.29) is 30.0 Å². The minimum atomic E-state index is -1.31. The van der Waals surface area contributed by atoms with Gasteiger partial charge in [-0.05, 0) is 31.6 Å². The first-order valence-electron chi connectivity index (χ1n) is 9.78. The van der Waals surface area contributed by atoms with Crippen LogP contribution in [0.4, 0.5) is 4.39 Å². The Morgan fingerprint density at radius 3 is 2.75 bits per heavy atom. The smallest absolute Gasteiger partial charge is 0.237 e. The Kier molecular flexibility index (Phi) is 4.56. The number of amides is 1. The molecule has 0 aromatic rings. The van der Waals surface area contributed by atoms with E-state index in [0.29, 0.717) is 19.6 Å². The maximum Gasteiger partial charge on any atom is 0.237 e. The minimum Gasteiger partial charge on any atom is -0.337 e. The van der Waals surface area contributed by atoms with Gasteiger partial charge < -0.3 is 16.0 Å². The molecule has 24 heavy (non-hydrogen) atoms. The van der Waals surface area contributed by atoms with Crippen LogP contribution in [-0.4, -0.2) is 72.2 Å². The number of hydrogen-bond donors (Lipinski definition) is 2. The molecule has 3 aliphatic heterocycles. The molecule has 1 aliphatic carbocycles. The topological polar surface area (TPSA) is 61.6 Å². The van der Waals surface area contributed by atoms with Crippen LogP contribution in [0.5, 0.6) is 0 Å². The highest BCUT2D eigenvalue weighted by Gasteiger charge is 2.54. The fourth-order valence-electron chi connectivity index (χ4n) is 5.71. The number of halogens is 1. The Hall–Kier alpha value is -0.720. The van der Waals surface area contributed by atoms with Crippen LogP contribution in [0, 0.1) is 5.92 Å². The third kappa shape index (κ3) is 2.76. The number of fused-ring (bicyclic) bond motifs is 1. The second-order valence-corrected chi connectivity index (χ2v) is 8.31. The number of piperidine rings is 1. The van der Waals surface area contributed by atoms with E-state index in [0.717, 1.165) is 51.6 Å². The van der Waals surface area contributed by atoms with Gasteiger partial charge in [0.25, 0.3) is 0 Å². The molecule has 0 spiro atoms. The molecule has 3 saturated heterocycles. The molecule has 0 bridgehead atoms. The molecule has 6 heteroatoms. The van der Waals surface area contributed by atoms with Crippen LogP contribution in [0.3, 0.4) is 0 Å². The van der Waals surface area contributed by atoms with Gasteiger partial charge >= 0.3 is 0 Å². The Labute approximate surface area is 144 Å². The number of hydrogen-bond acceptors (Lipinski definition) is 4. The molecule has 4 atom stereocenters. The number of nitrogens with one attached hydrogen (secondary N) is 1. The van der Waals surface area contributed by atoms with Crippen LogP contribution in [0.25, 0.3) is 0 Å². The normalized spacial score (nSPS) is 42.3. The van der Waals surface area contributed by atoms with Gasteiger partial charge in [0.2, 0.25) is 5.91 Å². The highest BCUT2D eigenvalue weighted by Crippen LogP contribution is 2.42. The standard InChI is InChI=1S/C18H31FN4O/c19-18(13-5-2-1-3-6-13)12-21-9-15(20)17(18)22-10-14-7-4-8-23(14)16(24)11-22/h13-15,17,21H,1-12,20H2. The lowest BCUT2D eigenvalue weighted by molar-refractivity contribution is -0.144. The molecule has 4 fully saturated rings. The zero-order chi connectivity index (χ0) is 16.7. The summed E-state index contributed by atoms with van der Waals surface area (Å²) in [6.07, 6.45) is 7.49. The van der Waals surface area contributed by atoms with Crippen molar-refractivity contribution in [2.75, 3.05) is 32.7 Å². The average molecular weight is 338 g/mol. The summed E-state index contributed by atoms with van der Waals surface area (Å²) >= 11 is 0. The quantitative estimate of drug-likeness (QED) is 0.785. The Morgan fingerprint density at radius 1 is 1.17 bits per heavy atom. The molecule has 136 valence electrons. The van der Waals surface area contributed by atoms with E-state index in [2.05, 4.69) is 10.2 Å². The van der Waals surface area contributed by atoms with Crippen molar-refractivity contribution in [2.45, 2.75) is 68.7 Å². The molecular weight excluding hydrogens is 307 g/mol. The Balaban J connectivity index is 1.58. The van der Waals surface area contributed by atoms with Gasteiger partial charge in [-0.1, -0.05) is 19.3 Å². The highest BCUT2D eigenvalue weighted by atomic mass is 19.1. The van der Waals surface area contributed by atoms with E-state index >= 15 is 4.39 Å². The maximum atomic E-state index is 16.3. The first-order chi connectivity index (χ1) is 11.6. The molecule has 1 amide bonds. The summed E-state index contributed by atoms with van der Waals surface area (Å²) in [5.41, 5.74) is 5.10. The summed E-state index contributed by atoms with van der Waals surface area (Å²) in [6, 6.07) is -0.302. The lowest BCUT2D eigenvalue weighted by Gasteiger charge is -2.53. The first-order valence-corrected chi connectivity index (χ1v) is 9.78. The van der Waals surface area contributed by atoms with Crippen LogP contribution in [0.2, 0.25) is 0 Å². The van der Waals surface area contributed by atoms with E-state index in [9.17, 15) is 4.79 Å². The Morgan fingerprint density at radius 2 is 1.96 bits per heavy atom. The second-order valence-electron chi connectivity index (χ2n) is 8.31. The van der Waals surface area contributed by atoms with Gasteiger partial charge in [0.05, 0.1) is 12.6 Å². The molecule has 0 aromatic heterocycles. The van der Waals surface area contributed by atoms with Crippen molar-refractivity contribution in [1.82, 2.24) is 15.1 Å². The van der Waals surface area contributed by atoms with Crippen LogP contribution in [-0.2, 0) is 4.79 Å². The molecule has 4 rings (SSSR count). The number of carbonyl (C=O) groups excluding carboxylic acids is 1. The number of rotatable bonds is 2. The summed E-state index contributed by atoms with van der Waals surface area (Å²) in [4.78, 5) is 16.6. The van der Waals surface area contributed by atoms with Gasteiger partial charge in [-0.2, -0.15) is 0 Å². The second kappa shape index (κ2) is 6.54. The number of piperazine rings is 1. The highest BCUT2D eigenvalue weighted by molar-refractivity contribution is 5.79. The van der Waals surface area contributed by atoms with Crippen LogP contribution in [0.1, 0.15) is 44.9 Å². The molecule has 0 aromatic carbocycles. The molecular formula is C18H31FN4O. The van der Waals surface area contributed by atoms with Crippen molar-refractivity contribution in [1.29, 1.82) is 0 Å². The minimum absolute atomic E-state index is 0.0757. The maximum absolute atomic E-state index is 16.3. The lowest BCUT2D eigenvalue weighted by atomic mass is 9.70. The summed E-state index contributed by atoms with van der Waals surface area (Å²) in [5.74, 6) is 0.243. The predicted molar refractivity (Wildman–Crippen MR) is 91.4 cm³/mol. The van der Waals surface area contributed by atoms with Crippen LogP contribution in [0.15, 0.2) is 0 Å². The molecule has 3 heterocycles. The van der Waals surface area contributed by atoms with E-state index < -0.39 is 5.67 Å². The predicted octanol–water partition coefficient (Wildman–Crippen LogP) is 0.881. The number of carbonyl (C=O) groups is 1. The van der Waals surface area contributed by atoms with E-state index in [1.807, 2.05) is 4.90 Å². The molecule has 4 aliphatic rings. The molecule has 5 nitrogen and oxygen atoms in total. The lowest BCUT2D eigenvalue weighted by Crippen LogP contribution is -2.73. The number of nitrogens with two attached hydrogens (primary N) is 1. The van der Waals surface area contributed by atoms with E-state index in [4.69, 9.17) is 5.73 Å². The van der Waals surface area contributed by atoms with Crippen molar-refractivity contribution in [3.8, 4) is 0 Å². The van der Waals surface area contributed by atoms with Crippen molar-refractivity contribution in [2.24, 2.45) is 11.7 Å². The summed E-state index contributed by atoms with van der Waals surface area (Å²) in [7, 11) is 0. The van der Waals surface area contributed by atoms with Gasteiger partial charge in [-0.15, -0.1) is 0 Å². The number of alkyl halides is 1. The summed E-state index contributed by atoms with van der Waals surface area (Å²) in [6.45, 7) is 3.03. The summed E-state index contributed by atoms with van der Waals surface area (Å²) < 4.78 is 16.3. The van der Waals surface area contributed by atoms with Gasteiger partial charge in [0, 0.05) is 38.3 Å². The first kappa shape index (κ1) is 16.7. The average Bonchev–Trinajstić information content (AvgIpc) is 3.05. The molecule has 0 radical (unpaired) electrons. The van der Waals surface area contributed by atoms with Gasteiger partial charge in [-0.25, -0.2) is 4.39 Å². The van der Waals surface area contributed by atoms with Crippen LogP contribution >= 0.6 is 0 Å². The third-order valence-corrected chi connectivity index (χ3v) is 6.83. The van der Waals surface area contributed by atoms with E-state index in [1.54, 1.807) is 0 Å². The van der Waals surface area contributed by atoms with Crippen molar-refractivity contribution in [3.05, 3.63) is 0 Å². The molecule has 3 N–H and O–H groups in total. The van der Waals surface area contributed by atoms with Gasteiger partial charge in [0.15, 0.2) is 0 Å². The van der Waals surface area contributed by atoms with Gasteiger partial charge in [-0.3, -0.25) is 9.69 Å². The largest absolute Gasteiger partial charge is 0.337 e. The van der Waals surface area contributed by atoms with Crippen molar-refractivity contribution >= 4 is 5.91 Å². The van der Waals surface area contributed by atoms with Crippen molar-refractivity contribution < 1.29 is 9.18 Å². The third-order valence-electron chi connectivity index (χ3n) is 6.83. The van der Waals surface area contributed by atoms with Gasteiger partial charge in [0.1, 0.15) is 5.67 Å². The fraction of sp³-hybridized carbons (Fsp3) is 0.944. The molecule has 1 saturated carbocycles. The van der Waals surface area contributed by atoms with E-state index in [1.165, 1.54) is 6.42 Å². The summed E-state index contributed by atoms with van der Waals surface area (Å²) in [5, 5.41) is 3.23. The SMILES string of the molecule is NC1CNCC(F)(C2CCCCC2)C1N1CC(=O)N2CCCC2C1. The zero-order valence-electron chi connectivity index (χ0n) is 14.6. The zero-order valence-corrected chi connectivity index (χ0v) is 14.6. The fourth-order valence-corrected chi connectivity index (χ4v) is 5.71.